The molecule has 0 aliphatic carbocycles. The van der Waals surface area contributed by atoms with Crippen LogP contribution >= 0.6 is 0 Å². The number of hydrogen-bond acceptors (Lipinski definition) is 2. The van der Waals surface area contributed by atoms with E-state index in [1.165, 1.54) is 0 Å². The molecule has 0 bridgehead atoms. The van der Waals surface area contributed by atoms with E-state index in [-0.39, 0.29) is 17.7 Å². The molecular weight excluding hydrogens is 240 g/mol. The lowest BCUT2D eigenvalue weighted by atomic mass is 9.84. The molecule has 0 N–H and O–H groups in total. The fourth-order valence-corrected chi connectivity index (χ4v) is 1.75. The molecule has 0 amide bonds. The van der Waals surface area contributed by atoms with E-state index >= 15 is 0 Å². The van der Waals surface area contributed by atoms with Gasteiger partial charge in [0.15, 0.2) is 0 Å². The third-order valence-electron chi connectivity index (χ3n) is 2.93. The fourth-order valence-electron chi connectivity index (χ4n) is 1.75. The monoisotopic (exact) mass is 260 g/mol. The van der Waals surface area contributed by atoms with Crippen LogP contribution in [-0.2, 0) is 14.9 Å². The van der Waals surface area contributed by atoms with Gasteiger partial charge in [-0.1, -0.05) is 32.9 Å². The lowest BCUT2D eigenvalue weighted by Crippen LogP contribution is -2.22. The van der Waals surface area contributed by atoms with Crippen LogP contribution in [0.1, 0.15) is 44.4 Å². The maximum Gasteiger partial charge on any atom is 0.422 e. The highest BCUT2D eigenvalue weighted by molar-refractivity contribution is 6.41. The summed E-state index contributed by atoms with van der Waals surface area (Å²) < 4.78 is 4.90. The molecule has 0 fully saturated rings. The maximum absolute atomic E-state index is 11.8. The highest BCUT2D eigenvalue weighted by Gasteiger charge is 2.27. The standard InChI is InChI=1S/C15H20N2O2/c1-6-19-14(18)13(17-16)12-9-11(15(3,4)5)8-7-10(12)2/h7-9H,6H2,1-5H3. The smallest absolute Gasteiger partial charge is 0.422 e. The number of hydrogen-bond donors (Lipinski definition) is 0. The maximum atomic E-state index is 11.8. The number of carbonyl (C=O) groups is 1. The minimum Gasteiger partial charge on any atom is -0.457 e. The van der Waals surface area contributed by atoms with Crippen LogP contribution in [0.4, 0.5) is 0 Å². The Morgan fingerprint density at radius 1 is 1.37 bits per heavy atom. The Labute approximate surface area is 114 Å². The minimum atomic E-state index is -0.612. The van der Waals surface area contributed by atoms with Crippen molar-refractivity contribution >= 4 is 11.7 Å². The van der Waals surface area contributed by atoms with E-state index in [9.17, 15) is 4.79 Å². The Hall–Kier alpha value is -1.93. The van der Waals surface area contributed by atoms with Gasteiger partial charge in [-0.3, -0.25) is 0 Å². The second kappa shape index (κ2) is 5.81. The summed E-state index contributed by atoms with van der Waals surface area (Å²) in [4.78, 5) is 14.9. The average Bonchev–Trinajstić information content (AvgIpc) is 2.31. The third-order valence-corrected chi connectivity index (χ3v) is 2.93. The summed E-state index contributed by atoms with van der Waals surface area (Å²) in [6.45, 7) is 10.1. The summed E-state index contributed by atoms with van der Waals surface area (Å²) in [5, 5.41) is 0. The van der Waals surface area contributed by atoms with Gasteiger partial charge < -0.3 is 10.3 Å². The van der Waals surface area contributed by atoms with Gasteiger partial charge in [-0.25, -0.2) is 4.79 Å². The summed E-state index contributed by atoms with van der Waals surface area (Å²) in [6, 6.07) is 5.81. The van der Waals surface area contributed by atoms with Gasteiger partial charge in [0.05, 0.1) is 12.2 Å². The molecule has 1 aromatic rings. The first-order valence-electron chi connectivity index (χ1n) is 6.32. The van der Waals surface area contributed by atoms with Crippen molar-refractivity contribution in [1.29, 1.82) is 0 Å². The van der Waals surface area contributed by atoms with Gasteiger partial charge in [0, 0.05) is 0 Å². The normalized spacial score (nSPS) is 10.8. The van der Waals surface area contributed by atoms with Gasteiger partial charge in [-0.15, -0.1) is 0 Å². The molecule has 0 saturated heterocycles. The van der Waals surface area contributed by atoms with Crippen molar-refractivity contribution in [2.45, 2.75) is 40.0 Å². The SMILES string of the molecule is CCOC(=O)C(=[N+]=[N-])c1cc(C(C)(C)C)ccc1C. The van der Waals surface area contributed by atoms with Crippen molar-refractivity contribution in [3.8, 4) is 0 Å². The van der Waals surface area contributed by atoms with E-state index in [1.807, 2.05) is 25.1 Å². The number of rotatable bonds is 3. The van der Waals surface area contributed by atoms with Crippen LogP contribution in [0.2, 0.25) is 0 Å². The van der Waals surface area contributed by atoms with E-state index in [2.05, 4.69) is 25.6 Å². The summed E-state index contributed by atoms with van der Waals surface area (Å²) in [5.41, 5.74) is 11.5. The molecule has 1 aromatic carbocycles. The largest absolute Gasteiger partial charge is 0.457 e. The zero-order chi connectivity index (χ0) is 14.6. The van der Waals surface area contributed by atoms with Crippen molar-refractivity contribution in [2.24, 2.45) is 0 Å². The Kier molecular flexibility index (Phi) is 4.62. The van der Waals surface area contributed by atoms with Crippen LogP contribution in [-0.4, -0.2) is 23.1 Å². The van der Waals surface area contributed by atoms with E-state index in [0.717, 1.165) is 11.1 Å². The number of ether oxygens (including phenoxy) is 1. The van der Waals surface area contributed by atoms with Gasteiger partial charge in [0.1, 0.15) is 0 Å². The average molecular weight is 260 g/mol. The van der Waals surface area contributed by atoms with Gasteiger partial charge in [-0.05, 0) is 36.5 Å². The molecule has 0 atom stereocenters. The first kappa shape index (κ1) is 15.1. The van der Waals surface area contributed by atoms with E-state index in [1.54, 1.807) is 6.92 Å². The van der Waals surface area contributed by atoms with E-state index in [0.29, 0.717) is 5.56 Å². The van der Waals surface area contributed by atoms with Crippen LogP contribution in [0.3, 0.4) is 0 Å². The van der Waals surface area contributed by atoms with Crippen LogP contribution in [0, 0.1) is 6.92 Å². The highest BCUT2D eigenvalue weighted by atomic mass is 16.5. The second-order valence-corrected chi connectivity index (χ2v) is 5.45. The number of carbonyl (C=O) groups excluding carboxylic acids is 1. The number of esters is 1. The van der Waals surface area contributed by atoms with Gasteiger partial charge in [0.2, 0.25) is 0 Å². The van der Waals surface area contributed by atoms with Crippen molar-refractivity contribution in [2.75, 3.05) is 6.61 Å². The Morgan fingerprint density at radius 2 is 2.00 bits per heavy atom. The summed E-state index contributed by atoms with van der Waals surface area (Å²) >= 11 is 0. The first-order chi connectivity index (χ1) is 8.81. The van der Waals surface area contributed by atoms with Crippen LogP contribution < -0.4 is 0 Å². The molecule has 0 aliphatic heterocycles. The quantitative estimate of drug-likeness (QED) is 0.363. The molecule has 0 unspecified atom stereocenters. The van der Waals surface area contributed by atoms with Crippen molar-refractivity contribution in [1.82, 2.24) is 0 Å². The summed E-state index contributed by atoms with van der Waals surface area (Å²) in [6.07, 6.45) is 0. The molecule has 1 rings (SSSR count). The minimum absolute atomic E-state index is 0.0440. The zero-order valence-corrected chi connectivity index (χ0v) is 12.2. The van der Waals surface area contributed by atoms with Crippen molar-refractivity contribution in [3.63, 3.8) is 0 Å². The highest BCUT2D eigenvalue weighted by Crippen LogP contribution is 2.24. The number of aryl methyl sites for hydroxylation is 1. The topological polar surface area (TPSA) is 62.7 Å². The molecule has 4 nitrogen and oxygen atoms in total. The first-order valence-corrected chi connectivity index (χ1v) is 6.32. The van der Waals surface area contributed by atoms with E-state index < -0.39 is 5.97 Å². The van der Waals surface area contributed by atoms with Crippen LogP contribution in [0.25, 0.3) is 5.53 Å². The molecule has 102 valence electrons. The van der Waals surface area contributed by atoms with Crippen LogP contribution in [0.5, 0.6) is 0 Å². The molecule has 0 radical (unpaired) electrons. The molecule has 0 aliphatic rings. The summed E-state index contributed by atoms with van der Waals surface area (Å²) in [5.74, 6) is -0.612. The number of benzene rings is 1. The fraction of sp³-hybridized carbons (Fsp3) is 0.467. The van der Waals surface area contributed by atoms with Gasteiger partial charge in [-0.2, -0.15) is 4.79 Å². The third kappa shape index (κ3) is 3.52. The van der Waals surface area contributed by atoms with Crippen molar-refractivity contribution < 1.29 is 14.3 Å². The summed E-state index contributed by atoms with van der Waals surface area (Å²) in [7, 11) is 0. The molecule has 4 heteroatoms. The lowest BCUT2D eigenvalue weighted by Gasteiger charge is -2.19. The van der Waals surface area contributed by atoms with Gasteiger partial charge >= 0.3 is 11.7 Å². The molecule has 19 heavy (non-hydrogen) atoms. The van der Waals surface area contributed by atoms with Crippen molar-refractivity contribution in [3.05, 3.63) is 40.4 Å². The Morgan fingerprint density at radius 3 is 2.47 bits per heavy atom. The Bertz CT molecular complexity index is 536. The molecule has 0 saturated carbocycles. The molecule has 0 aromatic heterocycles. The van der Waals surface area contributed by atoms with Crippen LogP contribution in [0.15, 0.2) is 18.2 Å². The lowest BCUT2D eigenvalue weighted by molar-refractivity contribution is -0.139. The number of nitrogens with zero attached hydrogens (tertiary/aromatic N) is 2. The van der Waals surface area contributed by atoms with E-state index in [4.69, 9.17) is 10.3 Å². The van der Waals surface area contributed by atoms with Gasteiger partial charge in [0.25, 0.3) is 0 Å². The zero-order valence-electron chi connectivity index (χ0n) is 12.2. The predicted octanol–water partition coefficient (Wildman–Crippen LogP) is 2.87. The molecule has 0 spiro atoms. The predicted molar refractivity (Wildman–Crippen MR) is 74.2 cm³/mol. The molecule has 0 heterocycles. The Balaban J connectivity index is 3.33. The second-order valence-electron chi connectivity index (χ2n) is 5.45. The molecular formula is C15H20N2O2.